The van der Waals surface area contributed by atoms with Crippen molar-refractivity contribution in [1.29, 1.82) is 0 Å². The molecule has 3 rings (SSSR count). The lowest BCUT2D eigenvalue weighted by Crippen LogP contribution is -2.54. The largest absolute Gasteiger partial charge is 0.416 e. The fourth-order valence-corrected chi connectivity index (χ4v) is 3.23. The number of benzene rings is 1. The van der Waals surface area contributed by atoms with E-state index in [0.717, 1.165) is 31.5 Å². The highest BCUT2D eigenvalue weighted by molar-refractivity contribution is 5.94. The second kappa shape index (κ2) is 8.26. The SMILES string of the molecule is Cl.O=C(c1ccc(C(F)(F)F)cc1)N1CCN(C(=O)C2CCCN2)CC1. The second-order valence-corrected chi connectivity index (χ2v) is 6.34. The van der Waals surface area contributed by atoms with Crippen molar-refractivity contribution in [2.75, 3.05) is 32.7 Å². The van der Waals surface area contributed by atoms with Crippen LogP contribution in [-0.2, 0) is 11.0 Å². The average Bonchev–Trinajstić information content (AvgIpc) is 3.14. The summed E-state index contributed by atoms with van der Waals surface area (Å²) in [7, 11) is 0. The average molecular weight is 392 g/mol. The van der Waals surface area contributed by atoms with Crippen LogP contribution >= 0.6 is 12.4 Å². The molecule has 144 valence electrons. The van der Waals surface area contributed by atoms with E-state index in [9.17, 15) is 22.8 Å². The minimum absolute atomic E-state index is 0. The van der Waals surface area contributed by atoms with Crippen LogP contribution in [0.25, 0.3) is 0 Å². The predicted octanol–water partition coefficient (Wildman–Crippen LogP) is 2.16. The fraction of sp³-hybridized carbons (Fsp3) is 0.529. The topological polar surface area (TPSA) is 52.7 Å². The van der Waals surface area contributed by atoms with E-state index in [4.69, 9.17) is 0 Å². The van der Waals surface area contributed by atoms with E-state index in [0.29, 0.717) is 26.2 Å². The van der Waals surface area contributed by atoms with Gasteiger partial charge in [-0.25, -0.2) is 0 Å². The molecule has 26 heavy (non-hydrogen) atoms. The Morgan fingerprint density at radius 3 is 2.08 bits per heavy atom. The molecule has 0 saturated carbocycles. The van der Waals surface area contributed by atoms with Gasteiger partial charge in [-0.1, -0.05) is 0 Å². The molecular formula is C17H21ClF3N3O2. The zero-order valence-electron chi connectivity index (χ0n) is 14.1. The summed E-state index contributed by atoms with van der Waals surface area (Å²) in [5.41, 5.74) is -0.547. The van der Waals surface area contributed by atoms with Crippen molar-refractivity contribution in [2.24, 2.45) is 0 Å². The van der Waals surface area contributed by atoms with Gasteiger partial charge >= 0.3 is 6.18 Å². The van der Waals surface area contributed by atoms with E-state index >= 15 is 0 Å². The van der Waals surface area contributed by atoms with Gasteiger partial charge in [0.1, 0.15) is 0 Å². The Hall–Kier alpha value is -1.80. The van der Waals surface area contributed by atoms with Gasteiger partial charge in [0.05, 0.1) is 11.6 Å². The number of piperazine rings is 1. The molecule has 0 aliphatic carbocycles. The van der Waals surface area contributed by atoms with Crippen molar-refractivity contribution in [3.63, 3.8) is 0 Å². The first-order valence-corrected chi connectivity index (χ1v) is 8.35. The van der Waals surface area contributed by atoms with Crippen molar-refractivity contribution >= 4 is 24.2 Å². The van der Waals surface area contributed by atoms with Gasteiger partial charge in [0.15, 0.2) is 0 Å². The van der Waals surface area contributed by atoms with Gasteiger partial charge < -0.3 is 15.1 Å². The van der Waals surface area contributed by atoms with Crippen molar-refractivity contribution in [3.8, 4) is 0 Å². The zero-order valence-corrected chi connectivity index (χ0v) is 14.9. The maximum absolute atomic E-state index is 12.6. The van der Waals surface area contributed by atoms with Crippen LogP contribution in [0, 0.1) is 0 Å². The minimum atomic E-state index is -4.41. The Kier molecular flexibility index (Phi) is 6.52. The second-order valence-electron chi connectivity index (χ2n) is 6.34. The van der Waals surface area contributed by atoms with E-state index in [1.165, 1.54) is 12.1 Å². The highest BCUT2D eigenvalue weighted by Crippen LogP contribution is 2.29. The van der Waals surface area contributed by atoms with E-state index in [2.05, 4.69) is 5.32 Å². The molecule has 0 spiro atoms. The first kappa shape index (κ1) is 20.5. The third kappa shape index (κ3) is 4.48. The van der Waals surface area contributed by atoms with Crippen molar-refractivity contribution in [1.82, 2.24) is 15.1 Å². The lowest BCUT2D eigenvalue weighted by Gasteiger charge is -2.36. The molecule has 2 saturated heterocycles. The quantitative estimate of drug-likeness (QED) is 0.840. The summed E-state index contributed by atoms with van der Waals surface area (Å²) in [5.74, 6) is -0.237. The summed E-state index contributed by atoms with van der Waals surface area (Å²) in [5, 5.41) is 3.17. The Labute approximate surface area is 155 Å². The molecule has 2 aliphatic heterocycles. The Balaban J connectivity index is 0.00000243. The molecule has 2 heterocycles. The van der Waals surface area contributed by atoms with Gasteiger partial charge in [-0.3, -0.25) is 9.59 Å². The third-order valence-electron chi connectivity index (χ3n) is 4.70. The molecule has 0 bridgehead atoms. The highest BCUT2D eigenvalue weighted by Gasteiger charge is 2.32. The molecule has 0 aromatic heterocycles. The maximum atomic E-state index is 12.6. The molecule has 1 aromatic rings. The standard InChI is InChI=1S/C17H20F3N3O2.ClH/c18-17(19,20)13-5-3-12(4-6-13)15(24)22-8-10-23(11-9-22)16(25)14-2-1-7-21-14;/h3-6,14,21H,1-2,7-11H2;1H. The Morgan fingerprint density at radius 2 is 1.58 bits per heavy atom. The number of amides is 2. The molecule has 1 aromatic carbocycles. The van der Waals surface area contributed by atoms with Gasteiger partial charge in [-0.15, -0.1) is 12.4 Å². The van der Waals surface area contributed by atoms with Crippen LogP contribution in [-0.4, -0.2) is 60.4 Å². The molecule has 1 N–H and O–H groups in total. The molecule has 2 aliphatic rings. The van der Waals surface area contributed by atoms with Crippen LogP contribution in [0.4, 0.5) is 13.2 Å². The number of nitrogens with zero attached hydrogens (tertiary/aromatic N) is 2. The van der Waals surface area contributed by atoms with Gasteiger partial charge in [0, 0.05) is 31.7 Å². The maximum Gasteiger partial charge on any atom is 0.416 e. The molecule has 9 heteroatoms. The van der Waals surface area contributed by atoms with Crippen molar-refractivity contribution in [2.45, 2.75) is 25.1 Å². The number of carbonyl (C=O) groups is 2. The van der Waals surface area contributed by atoms with Crippen LogP contribution in [0.2, 0.25) is 0 Å². The third-order valence-corrected chi connectivity index (χ3v) is 4.70. The lowest BCUT2D eigenvalue weighted by atomic mass is 10.1. The van der Waals surface area contributed by atoms with Crippen molar-refractivity contribution in [3.05, 3.63) is 35.4 Å². The van der Waals surface area contributed by atoms with Crippen LogP contribution in [0.3, 0.4) is 0 Å². The van der Waals surface area contributed by atoms with E-state index in [1.54, 1.807) is 9.80 Å². The van der Waals surface area contributed by atoms with Gasteiger partial charge in [0.2, 0.25) is 5.91 Å². The molecule has 2 fully saturated rings. The first-order valence-electron chi connectivity index (χ1n) is 8.35. The van der Waals surface area contributed by atoms with Crippen LogP contribution < -0.4 is 5.32 Å². The smallest absolute Gasteiger partial charge is 0.338 e. The van der Waals surface area contributed by atoms with Crippen LogP contribution in [0.15, 0.2) is 24.3 Å². The summed E-state index contributed by atoms with van der Waals surface area (Å²) in [6, 6.07) is 4.10. The molecular weight excluding hydrogens is 371 g/mol. The van der Waals surface area contributed by atoms with Crippen molar-refractivity contribution < 1.29 is 22.8 Å². The first-order chi connectivity index (χ1) is 11.9. The van der Waals surface area contributed by atoms with Crippen LogP contribution in [0.1, 0.15) is 28.8 Å². The number of alkyl halides is 3. The molecule has 1 atom stereocenters. The Morgan fingerprint density at radius 1 is 1.00 bits per heavy atom. The van der Waals surface area contributed by atoms with Gasteiger partial charge in [-0.05, 0) is 43.7 Å². The summed E-state index contributed by atoms with van der Waals surface area (Å²) in [6.45, 7) is 2.52. The number of rotatable bonds is 2. The Bertz CT molecular complexity index is 638. The molecule has 1 unspecified atom stereocenters. The number of hydrogen-bond donors (Lipinski definition) is 1. The number of hydrogen-bond acceptors (Lipinski definition) is 3. The summed E-state index contributed by atoms with van der Waals surface area (Å²) < 4.78 is 37.8. The fourth-order valence-electron chi connectivity index (χ4n) is 3.23. The normalized spacial score (nSPS) is 20.7. The zero-order chi connectivity index (χ0) is 18.0. The van der Waals surface area contributed by atoms with E-state index in [-0.39, 0.29) is 35.8 Å². The molecule has 0 radical (unpaired) electrons. The van der Waals surface area contributed by atoms with Crippen LogP contribution in [0.5, 0.6) is 0 Å². The number of carbonyl (C=O) groups excluding carboxylic acids is 2. The summed E-state index contributed by atoms with van der Waals surface area (Å²) in [6.07, 6.45) is -2.59. The molecule has 2 amide bonds. The predicted molar refractivity (Wildman–Crippen MR) is 92.2 cm³/mol. The monoisotopic (exact) mass is 391 g/mol. The summed E-state index contributed by atoms with van der Waals surface area (Å²) in [4.78, 5) is 28.1. The lowest BCUT2D eigenvalue weighted by molar-refractivity contribution is -0.137. The van der Waals surface area contributed by atoms with Gasteiger partial charge in [0.25, 0.3) is 5.91 Å². The number of nitrogens with one attached hydrogen (secondary N) is 1. The minimum Gasteiger partial charge on any atom is -0.338 e. The van der Waals surface area contributed by atoms with Gasteiger partial charge in [-0.2, -0.15) is 13.2 Å². The van der Waals surface area contributed by atoms with E-state index < -0.39 is 11.7 Å². The highest BCUT2D eigenvalue weighted by atomic mass is 35.5. The van der Waals surface area contributed by atoms with E-state index in [1.807, 2.05) is 0 Å². The number of halogens is 4. The molecule has 5 nitrogen and oxygen atoms in total. The summed E-state index contributed by atoms with van der Waals surface area (Å²) >= 11 is 0.